The summed E-state index contributed by atoms with van der Waals surface area (Å²) < 4.78 is 0. The van der Waals surface area contributed by atoms with Crippen molar-refractivity contribution in [2.75, 3.05) is 0 Å². The average Bonchev–Trinajstić information content (AvgIpc) is 2.55. The minimum atomic E-state index is -0.196. The Bertz CT molecular complexity index is 760. The van der Waals surface area contributed by atoms with Gasteiger partial charge in [-0.15, -0.1) is 0 Å². The van der Waals surface area contributed by atoms with Gasteiger partial charge in [0, 0.05) is 5.92 Å². The second-order valence-corrected chi connectivity index (χ2v) is 5.24. The lowest BCUT2D eigenvalue weighted by Crippen LogP contribution is -2.18. The predicted octanol–water partition coefficient (Wildman–Crippen LogP) is 4.07. The maximum atomic E-state index is 9.58. The molecule has 21 heavy (non-hydrogen) atoms. The molecule has 0 saturated heterocycles. The SMILES string of the molecule is N#CC1=C[C@H](Cc2ccccc2)[C@@H](C#N)c2ccccc21. The zero-order valence-electron chi connectivity index (χ0n) is 11.5. The van der Waals surface area contributed by atoms with Crippen molar-refractivity contribution in [3.8, 4) is 12.1 Å². The molecule has 3 rings (SSSR count). The molecule has 0 aliphatic heterocycles. The van der Waals surface area contributed by atoms with Gasteiger partial charge in [-0.1, -0.05) is 60.7 Å². The summed E-state index contributed by atoms with van der Waals surface area (Å²) in [6.45, 7) is 0. The molecule has 0 heterocycles. The molecule has 2 aromatic carbocycles. The Hall–Kier alpha value is -2.84. The zero-order valence-corrected chi connectivity index (χ0v) is 11.5. The number of nitriles is 2. The van der Waals surface area contributed by atoms with Crippen LogP contribution in [0.2, 0.25) is 0 Å². The fourth-order valence-electron chi connectivity index (χ4n) is 2.97. The van der Waals surface area contributed by atoms with E-state index in [4.69, 9.17) is 0 Å². The van der Waals surface area contributed by atoms with Gasteiger partial charge in [0.2, 0.25) is 0 Å². The fourth-order valence-corrected chi connectivity index (χ4v) is 2.97. The lowest BCUT2D eigenvalue weighted by molar-refractivity contribution is 0.582. The molecule has 0 radical (unpaired) electrons. The summed E-state index contributed by atoms with van der Waals surface area (Å²) in [5.41, 5.74) is 3.74. The van der Waals surface area contributed by atoms with Gasteiger partial charge in [-0.25, -0.2) is 0 Å². The molecule has 0 aromatic heterocycles. The minimum absolute atomic E-state index is 0.0435. The zero-order chi connectivity index (χ0) is 14.7. The van der Waals surface area contributed by atoms with Crippen molar-refractivity contribution >= 4 is 5.57 Å². The van der Waals surface area contributed by atoms with E-state index in [-0.39, 0.29) is 11.8 Å². The first-order chi connectivity index (χ1) is 10.3. The maximum absolute atomic E-state index is 9.58. The first-order valence-corrected chi connectivity index (χ1v) is 6.98. The molecule has 1 aliphatic carbocycles. The second-order valence-electron chi connectivity index (χ2n) is 5.24. The maximum Gasteiger partial charge on any atom is 0.0994 e. The number of hydrogen-bond donors (Lipinski definition) is 0. The summed E-state index contributed by atoms with van der Waals surface area (Å²) in [6, 6.07) is 22.5. The van der Waals surface area contributed by atoms with Crippen LogP contribution in [0.5, 0.6) is 0 Å². The number of nitrogens with zero attached hydrogens (tertiary/aromatic N) is 2. The molecular weight excluding hydrogens is 256 g/mol. The van der Waals surface area contributed by atoms with Crippen LogP contribution < -0.4 is 0 Å². The number of hydrogen-bond acceptors (Lipinski definition) is 2. The van der Waals surface area contributed by atoms with Crippen LogP contribution in [0.4, 0.5) is 0 Å². The highest BCUT2D eigenvalue weighted by Gasteiger charge is 2.29. The van der Waals surface area contributed by atoms with E-state index in [1.165, 1.54) is 5.56 Å². The van der Waals surface area contributed by atoms with Crippen LogP contribution in [0.3, 0.4) is 0 Å². The molecule has 0 amide bonds. The Balaban J connectivity index is 2.03. The van der Waals surface area contributed by atoms with Gasteiger partial charge in [-0.05, 0) is 23.1 Å². The van der Waals surface area contributed by atoms with Gasteiger partial charge in [-0.2, -0.15) is 10.5 Å². The van der Waals surface area contributed by atoms with Crippen molar-refractivity contribution in [2.24, 2.45) is 5.92 Å². The Morgan fingerprint density at radius 2 is 1.62 bits per heavy atom. The van der Waals surface area contributed by atoms with Crippen molar-refractivity contribution < 1.29 is 0 Å². The lowest BCUT2D eigenvalue weighted by atomic mass is 9.75. The van der Waals surface area contributed by atoms with E-state index in [0.717, 1.165) is 17.5 Å². The van der Waals surface area contributed by atoms with Crippen molar-refractivity contribution in [1.29, 1.82) is 10.5 Å². The van der Waals surface area contributed by atoms with Gasteiger partial charge in [0.15, 0.2) is 0 Å². The molecule has 1 aliphatic rings. The van der Waals surface area contributed by atoms with E-state index in [1.54, 1.807) is 0 Å². The molecular formula is C19H14N2. The van der Waals surface area contributed by atoms with Crippen molar-refractivity contribution in [3.63, 3.8) is 0 Å². The molecule has 0 saturated carbocycles. The van der Waals surface area contributed by atoms with Crippen LogP contribution in [0.15, 0.2) is 60.7 Å². The van der Waals surface area contributed by atoms with Crippen LogP contribution in [-0.4, -0.2) is 0 Å². The minimum Gasteiger partial charge on any atom is -0.198 e. The lowest BCUT2D eigenvalue weighted by Gasteiger charge is -2.26. The molecule has 2 aromatic rings. The van der Waals surface area contributed by atoms with Crippen molar-refractivity contribution in [3.05, 3.63) is 77.4 Å². The van der Waals surface area contributed by atoms with Gasteiger partial charge in [0.05, 0.1) is 23.6 Å². The summed E-state index contributed by atoms with van der Waals surface area (Å²) >= 11 is 0. The van der Waals surface area contributed by atoms with Gasteiger partial charge in [0.25, 0.3) is 0 Å². The molecule has 2 heteroatoms. The van der Waals surface area contributed by atoms with Crippen LogP contribution in [-0.2, 0) is 6.42 Å². The largest absolute Gasteiger partial charge is 0.198 e. The second kappa shape index (κ2) is 5.65. The van der Waals surface area contributed by atoms with E-state index in [1.807, 2.05) is 48.5 Å². The summed E-state index contributed by atoms with van der Waals surface area (Å²) in [4.78, 5) is 0. The summed E-state index contributed by atoms with van der Waals surface area (Å²) in [6.07, 6.45) is 2.74. The molecule has 100 valence electrons. The molecule has 0 spiro atoms. The molecule has 0 unspecified atom stereocenters. The number of rotatable bonds is 2. The first kappa shape index (κ1) is 13.2. The monoisotopic (exact) mass is 270 g/mol. The molecule has 0 N–H and O–H groups in total. The third kappa shape index (κ3) is 2.45. The molecule has 2 atom stereocenters. The van der Waals surface area contributed by atoms with E-state index in [2.05, 4.69) is 24.3 Å². The smallest absolute Gasteiger partial charge is 0.0994 e. The van der Waals surface area contributed by atoms with Crippen LogP contribution in [0.1, 0.15) is 22.6 Å². The van der Waals surface area contributed by atoms with Gasteiger partial charge in [-0.3, -0.25) is 0 Å². The van der Waals surface area contributed by atoms with E-state index in [0.29, 0.717) is 5.57 Å². The fraction of sp³-hybridized carbons (Fsp3) is 0.158. The summed E-state index contributed by atoms with van der Waals surface area (Å²) in [5.74, 6) is -0.152. The van der Waals surface area contributed by atoms with E-state index < -0.39 is 0 Å². The quantitative estimate of drug-likeness (QED) is 0.825. The Morgan fingerprint density at radius 3 is 2.33 bits per heavy atom. The highest BCUT2D eigenvalue weighted by molar-refractivity contribution is 5.81. The number of benzene rings is 2. The number of allylic oxidation sites excluding steroid dienone is 2. The van der Waals surface area contributed by atoms with Gasteiger partial charge in [0.1, 0.15) is 0 Å². The predicted molar refractivity (Wildman–Crippen MR) is 82.0 cm³/mol. The van der Waals surface area contributed by atoms with Crippen molar-refractivity contribution in [2.45, 2.75) is 12.3 Å². The highest BCUT2D eigenvalue weighted by Crippen LogP contribution is 2.39. The topological polar surface area (TPSA) is 47.6 Å². The van der Waals surface area contributed by atoms with E-state index >= 15 is 0 Å². The summed E-state index contributed by atoms with van der Waals surface area (Å²) in [5, 5.41) is 19.0. The normalized spacial score (nSPS) is 19.8. The third-order valence-electron chi connectivity index (χ3n) is 3.97. The highest BCUT2D eigenvalue weighted by atomic mass is 14.4. The Labute approximate surface area is 124 Å². The van der Waals surface area contributed by atoms with E-state index in [9.17, 15) is 10.5 Å². The summed E-state index contributed by atoms with van der Waals surface area (Å²) in [7, 11) is 0. The van der Waals surface area contributed by atoms with Gasteiger partial charge < -0.3 is 0 Å². The van der Waals surface area contributed by atoms with Crippen molar-refractivity contribution in [1.82, 2.24) is 0 Å². The van der Waals surface area contributed by atoms with Gasteiger partial charge >= 0.3 is 0 Å². The number of fused-ring (bicyclic) bond motifs is 1. The van der Waals surface area contributed by atoms with Crippen LogP contribution in [0, 0.1) is 28.6 Å². The Kier molecular flexibility index (Phi) is 3.54. The van der Waals surface area contributed by atoms with Crippen LogP contribution in [0.25, 0.3) is 5.57 Å². The first-order valence-electron chi connectivity index (χ1n) is 6.98. The average molecular weight is 270 g/mol. The molecule has 0 fully saturated rings. The standard InChI is InChI=1S/C19H14N2/c20-12-16-11-15(10-14-6-2-1-3-7-14)19(13-21)18-9-5-4-8-17(16)18/h1-9,11,15,19H,10H2/t15-,19+/m0/s1. The Morgan fingerprint density at radius 1 is 0.905 bits per heavy atom. The van der Waals surface area contributed by atoms with Crippen LogP contribution >= 0.6 is 0 Å². The third-order valence-corrected chi connectivity index (χ3v) is 3.97. The molecule has 0 bridgehead atoms. The molecule has 2 nitrogen and oxygen atoms in total.